The first-order valence-corrected chi connectivity index (χ1v) is 5.81. The van der Waals surface area contributed by atoms with E-state index in [4.69, 9.17) is 11.0 Å². The zero-order chi connectivity index (χ0) is 12.3. The van der Waals surface area contributed by atoms with E-state index in [1.807, 2.05) is 24.3 Å². The van der Waals surface area contributed by atoms with Gasteiger partial charge in [-0.1, -0.05) is 12.1 Å². The standard InChI is InChI=1S/C13H10BrN3/c14-10-3-1-2-4-12(10)17-13-7-9(8-15)5-6-11(13)16/h1-7,17H,16H2. The Morgan fingerprint density at radius 2 is 1.88 bits per heavy atom. The number of hydrogen-bond donors (Lipinski definition) is 2. The number of nitrogens with zero attached hydrogens (tertiary/aromatic N) is 1. The fourth-order valence-electron chi connectivity index (χ4n) is 1.44. The third kappa shape index (κ3) is 2.58. The first-order valence-electron chi connectivity index (χ1n) is 5.02. The molecule has 0 atom stereocenters. The fourth-order valence-corrected chi connectivity index (χ4v) is 1.83. The molecule has 2 aromatic carbocycles. The van der Waals surface area contributed by atoms with E-state index in [0.29, 0.717) is 11.3 Å². The van der Waals surface area contributed by atoms with Gasteiger partial charge in [-0.05, 0) is 46.3 Å². The van der Waals surface area contributed by atoms with Crippen molar-refractivity contribution in [3.63, 3.8) is 0 Å². The molecule has 84 valence electrons. The van der Waals surface area contributed by atoms with Crippen molar-refractivity contribution in [2.24, 2.45) is 0 Å². The molecule has 0 unspecified atom stereocenters. The number of hydrogen-bond acceptors (Lipinski definition) is 3. The lowest BCUT2D eigenvalue weighted by molar-refractivity contribution is 1.47. The smallest absolute Gasteiger partial charge is 0.0992 e. The van der Waals surface area contributed by atoms with Gasteiger partial charge in [0, 0.05) is 4.47 Å². The number of nitrogen functional groups attached to an aromatic ring is 1. The average molecular weight is 288 g/mol. The van der Waals surface area contributed by atoms with E-state index in [0.717, 1.165) is 15.8 Å². The highest BCUT2D eigenvalue weighted by molar-refractivity contribution is 9.10. The average Bonchev–Trinajstić information content (AvgIpc) is 2.35. The second-order valence-corrected chi connectivity index (χ2v) is 4.37. The van der Waals surface area contributed by atoms with Crippen LogP contribution in [0.3, 0.4) is 0 Å². The van der Waals surface area contributed by atoms with Crippen LogP contribution >= 0.6 is 15.9 Å². The maximum Gasteiger partial charge on any atom is 0.0992 e. The normalized spacial score (nSPS) is 9.65. The predicted molar refractivity (Wildman–Crippen MR) is 73.0 cm³/mol. The van der Waals surface area contributed by atoms with Crippen molar-refractivity contribution < 1.29 is 0 Å². The van der Waals surface area contributed by atoms with Gasteiger partial charge >= 0.3 is 0 Å². The van der Waals surface area contributed by atoms with Crippen LogP contribution in [0.25, 0.3) is 0 Å². The van der Waals surface area contributed by atoms with Crippen LogP contribution in [-0.4, -0.2) is 0 Å². The molecule has 0 radical (unpaired) electrons. The van der Waals surface area contributed by atoms with Gasteiger partial charge in [-0.3, -0.25) is 0 Å². The number of halogens is 1. The van der Waals surface area contributed by atoms with Gasteiger partial charge in [0.05, 0.1) is 28.7 Å². The van der Waals surface area contributed by atoms with E-state index in [1.54, 1.807) is 18.2 Å². The number of nitrogens with two attached hydrogens (primary N) is 1. The van der Waals surface area contributed by atoms with Gasteiger partial charge in [-0.15, -0.1) is 0 Å². The minimum absolute atomic E-state index is 0.578. The molecule has 0 aromatic heterocycles. The summed E-state index contributed by atoms with van der Waals surface area (Å²) in [7, 11) is 0. The highest BCUT2D eigenvalue weighted by Gasteiger charge is 2.03. The molecule has 2 rings (SSSR count). The van der Waals surface area contributed by atoms with Gasteiger partial charge < -0.3 is 11.1 Å². The fraction of sp³-hybridized carbons (Fsp3) is 0. The molecular formula is C13H10BrN3. The zero-order valence-corrected chi connectivity index (χ0v) is 10.5. The van der Waals surface area contributed by atoms with E-state index >= 15 is 0 Å². The second kappa shape index (κ2) is 4.89. The number of rotatable bonds is 2. The van der Waals surface area contributed by atoms with Gasteiger partial charge in [0.25, 0.3) is 0 Å². The third-order valence-corrected chi connectivity index (χ3v) is 3.02. The van der Waals surface area contributed by atoms with E-state index in [-0.39, 0.29) is 0 Å². The van der Waals surface area contributed by atoms with Crippen molar-refractivity contribution >= 4 is 33.0 Å². The van der Waals surface area contributed by atoms with Crippen LogP contribution in [0.5, 0.6) is 0 Å². The van der Waals surface area contributed by atoms with Crippen molar-refractivity contribution in [3.05, 3.63) is 52.5 Å². The summed E-state index contributed by atoms with van der Waals surface area (Å²) in [6.45, 7) is 0. The van der Waals surface area contributed by atoms with Crippen molar-refractivity contribution in [2.75, 3.05) is 11.1 Å². The highest BCUT2D eigenvalue weighted by atomic mass is 79.9. The molecule has 2 aromatic rings. The molecule has 3 nitrogen and oxygen atoms in total. The molecule has 0 saturated carbocycles. The molecule has 0 saturated heterocycles. The summed E-state index contributed by atoms with van der Waals surface area (Å²) in [5.74, 6) is 0. The lowest BCUT2D eigenvalue weighted by atomic mass is 10.2. The molecule has 4 heteroatoms. The number of nitriles is 1. The van der Waals surface area contributed by atoms with Crippen LogP contribution in [0.4, 0.5) is 17.1 Å². The van der Waals surface area contributed by atoms with Gasteiger partial charge in [0.1, 0.15) is 0 Å². The minimum Gasteiger partial charge on any atom is -0.397 e. The summed E-state index contributed by atoms with van der Waals surface area (Å²) in [6.07, 6.45) is 0. The van der Waals surface area contributed by atoms with Crippen LogP contribution in [0.2, 0.25) is 0 Å². The summed E-state index contributed by atoms with van der Waals surface area (Å²) >= 11 is 3.45. The quantitative estimate of drug-likeness (QED) is 0.829. The topological polar surface area (TPSA) is 61.8 Å². The summed E-state index contributed by atoms with van der Waals surface area (Å²) in [5, 5.41) is 12.0. The summed E-state index contributed by atoms with van der Waals surface area (Å²) < 4.78 is 0.946. The van der Waals surface area contributed by atoms with Crippen LogP contribution in [0.1, 0.15) is 5.56 Å². The molecule has 0 aliphatic heterocycles. The Labute approximate surface area is 108 Å². The molecule has 0 aliphatic carbocycles. The Balaban J connectivity index is 2.37. The monoisotopic (exact) mass is 287 g/mol. The molecule has 0 bridgehead atoms. The Morgan fingerprint density at radius 1 is 1.12 bits per heavy atom. The summed E-state index contributed by atoms with van der Waals surface area (Å²) in [4.78, 5) is 0. The van der Waals surface area contributed by atoms with E-state index in [2.05, 4.69) is 27.3 Å². The van der Waals surface area contributed by atoms with Gasteiger partial charge in [-0.2, -0.15) is 5.26 Å². The largest absolute Gasteiger partial charge is 0.397 e. The van der Waals surface area contributed by atoms with Crippen LogP contribution in [-0.2, 0) is 0 Å². The van der Waals surface area contributed by atoms with E-state index < -0.39 is 0 Å². The SMILES string of the molecule is N#Cc1ccc(N)c(Nc2ccccc2Br)c1. The Morgan fingerprint density at radius 3 is 2.59 bits per heavy atom. The van der Waals surface area contributed by atoms with Crippen molar-refractivity contribution in [2.45, 2.75) is 0 Å². The summed E-state index contributed by atoms with van der Waals surface area (Å²) in [6, 6.07) is 15.0. The van der Waals surface area contributed by atoms with Crippen molar-refractivity contribution in [1.82, 2.24) is 0 Å². The highest BCUT2D eigenvalue weighted by Crippen LogP contribution is 2.28. The number of nitrogens with one attached hydrogen (secondary N) is 1. The zero-order valence-electron chi connectivity index (χ0n) is 8.94. The Kier molecular flexibility index (Phi) is 3.31. The minimum atomic E-state index is 0.578. The summed E-state index contributed by atoms with van der Waals surface area (Å²) in [5.41, 5.74) is 8.69. The third-order valence-electron chi connectivity index (χ3n) is 2.33. The van der Waals surface area contributed by atoms with E-state index in [1.165, 1.54) is 0 Å². The molecule has 3 N–H and O–H groups in total. The Bertz CT molecular complexity index is 587. The number of para-hydroxylation sites is 1. The number of benzene rings is 2. The molecule has 0 aliphatic rings. The lowest BCUT2D eigenvalue weighted by Gasteiger charge is -2.10. The van der Waals surface area contributed by atoms with Crippen molar-refractivity contribution in [3.8, 4) is 6.07 Å². The van der Waals surface area contributed by atoms with E-state index in [9.17, 15) is 0 Å². The lowest BCUT2D eigenvalue weighted by Crippen LogP contribution is -1.97. The van der Waals surface area contributed by atoms with Gasteiger partial charge in [0.15, 0.2) is 0 Å². The van der Waals surface area contributed by atoms with Gasteiger partial charge in [0.2, 0.25) is 0 Å². The van der Waals surface area contributed by atoms with Crippen LogP contribution in [0, 0.1) is 11.3 Å². The van der Waals surface area contributed by atoms with Crippen LogP contribution < -0.4 is 11.1 Å². The Hall–Kier alpha value is -1.99. The molecule has 0 amide bonds. The molecule has 17 heavy (non-hydrogen) atoms. The van der Waals surface area contributed by atoms with Crippen molar-refractivity contribution in [1.29, 1.82) is 5.26 Å². The first-order chi connectivity index (χ1) is 8.20. The van der Waals surface area contributed by atoms with Gasteiger partial charge in [-0.25, -0.2) is 0 Å². The number of anilines is 3. The predicted octanol–water partition coefficient (Wildman–Crippen LogP) is 3.65. The first kappa shape index (κ1) is 11.5. The molecule has 0 fully saturated rings. The maximum atomic E-state index is 8.85. The maximum absolute atomic E-state index is 8.85. The molecule has 0 spiro atoms. The second-order valence-electron chi connectivity index (χ2n) is 3.52. The van der Waals surface area contributed by atoms with Crippen LogP contribution in [0.15, 0.2) is 46.9 Å². The molecule has 0 heterocycles. The molecular weight excluding hydrogens is 278 g/mol.